The van der Waals surface area contributed by atoms with E-state index in [9.17, 15) is 18.0 Å². The van der Waals surface area contributed by atoms with Gasteiger partial charge in [-0.15, -0.1) is 0 Å². The number of anilines is 4. The van der Waals surface area contributed by atoms with Crippen molar-refractivity contribution >= 4 is 29.0 Å². The number of rotatable bonds is 8. The maximum atomic E-state index is 13.8. The van der Waals surface area contributed by atoms with Crippen molar-refractivity contribution in [3.05, 3.63) is 36.0 Å². The number of amides is 1. The van der Waals surface area contributed by atoms with E-state index in [0.29, 0.717) is 24.6 Å². The van der Waals surface area contributed by atoms with Gasteiger partial charge < -0.3 is 25.6 Å². The van der Waals surface area contributed by atoms with Crippen molar-refractivity contribution in [3.63, 3.8) is 0 Å². The van der Waals surface area contributed by atoms with Gasteiger partial charge in [0.05, 0.1) is 19.1 Å². The minimum atomic E-state index is -4.63. The van der Waals surface area contributed by atoms with Crippen molar-refractivity contribution < 1.29 is 22.7 Å². The molecule has 1 amide bonds. The molecule has 0 spiro atoms. The first-order valence-corrected chi connectivity index (χ1v) is 14.6. The lowest BCUT2D eigenvalue weighted by molar-refractivity contribution is -0.137. The van der Waals surface area contributed by atoms with Gasteiger partial charge in [0.15, 0.2) is 0 Å². The lowest BCUT2D eigenvalue weighted by atomic mass is 10.0. The van der Waals surface area contributed by atoms with Gasteiger partial charge >= 0.3 is 6.18 Å². The largest absolute Gasteiger partial charge is 0.421 e. The molecule has 3 fully saturated rings. The summed E-state index contributed by atoms with van der Waals surface area (Å²) in [5, 5.41) is 8.86. The summed E-state index contributed by atoms with van der Waals surface area (Å²) >= 11 is 0. The summed E-state index contributed by atoms with van der Waals surface area (Å²) in [5.41, 5.74) is 0.838. The fourth-order valence-corrected chi connectivity index (χ4v) is 6.09. The zero-order valence-corrected chi connectivity index (χ0v) is 23.7. The minimum Gasteiger partial charge on any atom is -0.379 e. The molecule has 0 bridgehead atoms. The molecule has 1 aromatic heterocycles. The number of carbonyl (C=O) groups is 1. The summed E-state index contributed by atoms with van der Waals surface area (Å²) in [5.74, 6) is -0.831. The number of morpholine rings is 1. The Morgan fingerprint density at radius 2 is 1.73 bits per heavy atom. The van der Waals surface area contributed by atoms with Crippen molar-refractivity contribution in [3.8, 4) is 0 Å². The maximum Gasteiger partial charge on any atom is 0.421 e. The highest BCUT2D eigenvalue weighted by Crippen LogP contribution is 2.37. The fraction of sp³-hybridized carbons (Fsp3) is 0.621. The molecule has 0 radical (unpaired) electrons. The van der Waals surface area contributed by atoms with Crippen molar-refractivity contribution in [1.29, 1.82) is 0 Å². The topological polar surface area (TPSA) is 94.6 Å². The van der Waals surface area contributed by atoms with Crippen LogP contribution in [-0.4, -0.2) is 78.3 Å². The molecule has 3 aliphatic rings. The summed E-state index contributed by atoms with van der Waals surface area (Å²) in [4.78, 5) is 25.7. The molecule has 5 rings (SSSR count). The number of benzene rings is 1. The van der Waals surface area contributed by atoms with Gasteiger partial charge in [-0.25, -0.2) is 4.98 Å². The molecular formula is C29H40F3N7O2. The highest BCUT2D eigenvalue weighted by atomic mass is 19.4. The Labute approximate surface area is 239 Å². The van der Waals surface area contributed by atoms with E-state index in [1.54, 1.807) is 0 Å². The average Bonchev–Trinajstić information content (AvgIpc) is 3.41. The normalized spacial score (nSPS) is 22.6. The molecule has 9 nitrogen and oxygen atoms in total. The third-order valence-electron chi connectivity index (χ3n) is 8.22. The lowest BCUT2D eigenvalue weighted by Crippen LogP contribution is -2.49. The Kier molecular flexibility index (Phi) is 9.18. The molecule has 3 N–H and O–H groups in total. The van der Waals surface area contributed by atoms with Gasteiger partial charge in [0.25, 0.3) is 0 Å². The molecule has 41 heavy (non-hydrogen) atoms. The third-order valence-corrected chi connectivity index (χ3v) is 8.22. The number of halogens is 3. The van der Waals surface area contributed by atoms with Crippen LogP contribution in [0.15, 0.2) is 30.5 Å². The highest BCUT2D eigenvalue weighted by Gasteiger charge is 2.39. The number of alkyl halides is 3. The standard InChI is InChI=1S/C29H40F3N7O2/c1-19(2)34-27(40)23-4-3-5-25(23)36-26-24(29(30,31)32)18-33-28(37-26)35-20-6-8-21(9-7-20)38-12-10-22(11-13-38)39-14-16-41-17-15-39/h6-9,18-19,22-23,25H,3-5,10-17H2,1-2H3,(H,34,40)(H2,33,35,36,37)/t23-,25+/m0/s1. The smallest absolute Gasteiger partial charge is 0.379 e. The number of hydrogen-bond donors (Lipinski definition) is 3. The quantitative estimate of drug-likeness (QED) is 0.419. The third kappa shape index (κ3) is 7.40. The Balaban J connectivity index is 1.24. The number of nitrogens with zero attached hydrogens (tertiary/aromatic N) is 4. The summed E-state index contributed by atoms with van der Waals surface area (Å²) < 4.78 is 47.0. The van der Waals surface area contributed by atoms with E-state index in [-0.39, 0.29) is 23.7 Å². The molecule has 1 saturated carbocycles. The predicted octanol–water partition coefficient (Wildman–Crippen LogP) is 4.65. The maximum absolute atomic E-state index is 13.8. The van der Waals surface area contributed by atoms with Crippen LogP contribution in [0.1, 0.15) is 51.5 Å². The van der Waals surface area contributed by atoms with Gasteiger partial charge in [-0.1, -0.05) is 6.42 Å². The number of hydrogen-bond acceptors (Lipinski definition) is 8. The second-order valence-corrected chi connectivity index (χ2v) is 11.4. The van der Waals surface area contributed by atoms with E-state index >= 15 is 0 Å². The Hall–Kier alpha value is -3.12. The predicted molar refractivity (Wildman–Crippen MR) is 152 cm³/mol. The molecule has 2 aromatic rings. The molecule has 2 aliphatic heterocycles. The number of nitrogens with one attached hydrogen (secondary N) is 3. The number of carbonyl (C=O) groups excluding carboxylic acids is 1. The van der Waals surface area contributed by atoms with Crippen molar-refractivity contribution in [2.75, 3.05) is 54.9 Å². The van der Waals surface area contributed by atoms with Crippen LogP contribution in [0.2, 0.25) is 0 Å². The van der Waals surface area contributed by atoms with E-state index in [1.165, 1.54) is 0 Å². The fourth-order valence-electron chi connectivity index (χ4n) is 6.09. The Bertz CT molecular complexity index is 1160. The van der Waals surface area contributed by atoms with Crippen molar-refractivity contribution in [2.45, 2.75) is 70.3 Å². The number of aromatic nitrogens is 2. The molecule has 3 heterocycles. The van der Waals surface area contributed by atoms with Crippen LogP contribution >= 0.6 is 0 Å². The summed E-state index contributed by atoms with van der Waals surface area (Å²) in [6.07, 6.45) is 0.333. The SMILES string of the molecule is CC(C)NC(=O)[C@H]1CCC[C@H]1Nc1nc(Nc2ccc(N3CCC(N4CCOCC4)CC3)cc2)ncc1C(F)(F)F. The van der Waals surface area contributed by atoms with E-state index in [2.05, 4.69) is 35.7 Å². The first-order chi connectivity index (χ1) is 19.7. The van der Waals surface area contributed by atoms with Gasteiger partial charge in [-0.05, 0) is 63.8 Å². The zero-order valence-electron chi connectivity index (χ0n) is 23.7. The molecule has 2 saturated heterocycles. The van der Waals surface area contributed by atoms with Crippen LogP contribution in [0, 0.1) is 5.92 Å². The first-order valence-electron chi connectivity index (χ1n) is 14.6. The second kappa shape index (κ2) is 12.8. The average molecular weight is 576 g/mol. The summed E-state index contributed by atoms with van der Waals surface area (Å²) in [6.45, 7) is 9.30. The van der Waals surface area contributed by atoms with Gasteiger partial charge in [0.1, 0.15) is 11.4 Å². The minimum absolute atomic E-state index is 0.0438. The zero-order chi connectivity index (χ0) is 29.0. The monoisotopic (exact) mass is 575 g/mol. The molecule has 12 heteroatoms. The van der Waals surface area contributed by atoms with Crippen LogP contribution in [-0.2, 0) is 15.7 Å². The number of piperidine rings is 1. The summed E-state index contributed by atoms with van der Waals surface area (Å²) in [6, 6.07) is 7.91. The van der Waals surface area contributed by atoms with Gasteiger partial charge in [-0.2, -0.15) is 18.2 Å². The molecular weight excluding hydrogens is 535 g/mol. The van der Waals surface area contributed by atoms with Gasteiger partial charge in [-0.3, -0.25) is 9.69 Å². The van der Waals surface area contributed by atoms with Crippen LogP contribution in [0.25, 0.3) is 0 Å². The molecule has 224 valence electrons. The van der Waals surface area contributed by atoms with Crippen LogP contribution < -0.4 is 20.9 Å². The van der Waals surface area contributed by atoms with Crippen LogP contribution in [0.3, 0.4) is 0 Å². The molecule has 2 atom stereocenters. The molecule has 0 unspecified atom stereocenters. The van der Waals surface area contributed by atoms with Gasteiger partial charge in [0.2, 0.25) is 11.9 Å². The number of ether oxygens (including phenoxy) is 1. The summed E-state index contributed by atoms with van der Waals surface area (Å²) in [7, 11) is 0. The second-order valence-electron chi connectivity index (χ2n) is 11.4. The van der Waals surface area contributed by atoms with Crippen LogP contribution in [0.5, 0.6) is 0 Å². The first kappa shape index (κ1) is 29.4. The van der Waals surface area contributed by atoms with Crippen LogP contribution in [0.4, 0.5) is 36.3 Å². The molecule has 1 aromatic carbocycles. The Morgan fingerprint density at radius 1 is 1.02 bits per heavy atom. The van der Waals surface area contributed by atoms with Gasteiger partial charge in [0, 0.05) is 61.9 Å². The van der Waals surface area contributed by atoms with E-state index in [1.807, 2.05) is 38.1 Å². The molecule has 1 aliphatic carbocycles. The van der Waals surface area contributed by atoms with E-state index < -0.39 is 23.7 Å². The Morgan fingerprint density at radius 3 is 2.39 bits per heavy atom. The lowest BCUT2D eigenvalue weighted by Gasteiger charge is -2.40. The van der Waals surface area contributed by atoms with Crippen molar-refractivity contribution in [2.24, 2.45) is 5.92 Å². The van der Waals surface area contributed by atoms with Crippen molar-refractivity contribution in [1.82, 2.24) is 20.2 Å². The van der Waals surface area contributed by atoms with E-state index in [0.717, 1.165) is 70.5 Å². The van der Waals surface area contributed by atoms with E-state index in [4.69, 9.17) is 4.74 Å². The highest BCUT2D eigenvalue weighted by molar-refractivity contribution is 5.80.